The SMILES string of the molecule is CC/C=C\C/C=C\C/C=C\C/C=C\C/C=C\C/C=C\C/C=C\CCCCCCCCCC(=O)OC(COC(=O)CCCCCCCCCCCCCCCCCCCCCCCCCCCCCCCCCCC)COP(=O)(O)OCC[N+](C)(C)C. The van der Waals surface area contributed by atoms with Crippen LogP contribution in [0.3, 0.4) is 0 Å². The van der Waals surface area contributed by atoms with Crippen LogP contribution in [0.25, 0.3) is 0 Å². The number of phosphoric acid groups is 1. The Morgan fingerprint density at radius 3 is 0.988 bits per heavy atom. The van der Waals surface area contributed by atoms with E-state index in [1.165, 1.54) is 212 Å². The fourth-order valence-electron chi connectivity index (χ4n) is 10.4. The van der Waals surface area contributed by atoms with Gasteiger partial charge < -0.3 is 18.9 Å². The van der Waals surface area contributed by atoms with Crippen LogP contribution in [-0.4, -0.2) is 74.9 Å². The smallest absolute Gasteiger partial charge is 0.462 e. The first kappa shape index (κ1) is 83.2. The van der Waals surface area contributed by atoms with Crippen LogP contribution in [0.2, 0.25) is 0 Å². The Labute approximate surface area is 532 Å². The highest BCUT2D eigenvalue weighted by Crippen LogP contribution is 2.43. The van der Waals surface area contributed by atoms with Gasteiger partial charge in [0.05, 0.1) is 27.7 Å². The first-order valence-corrected chi connectivity index (χ1v) is 37.8. The quantitative estimate of drug-likeness (QED) is 0.0211. The predicted octanol–water partition coefficient (Wildman–Crippen LogP) is 23.7. The van der Waals surface area contributed by atoms with Crippen molar-refractivity contribution in [3.05, 3.63) is 85.1 Å². The minimum absolute atomic E-state index is 0.0270. The lowest BCUT2D eigenvalue weighted by atomic mass is 10.0. The number of hydrogen-bond acceptors (Lipinski definition) is 7. The first-order chi connectivity index (χ1) is 42.0. The normalized spacial score (nSPS) is 13.6. The van der Waals surface area contributed by atoms with Crippen molar-refractivity contribution in [2.24, 2.45) is 0 Å². The van der Waals surface area contributed by atoms with E-state index in [0.29, 0.717) is 17.4 Å². The van der Waals surface area contributed by atoms with Gasteiger partial charge in [0, 0.05) is 12.8 Å². The van der Waals surface area contributed by atoms with Crippen molar-refractivity contribution in [2.45, 2.75) is 341 Å². The highest BCUT2D eigenvalue weighted by Gasteiger charge is 2.27. The van der Waals surface area contributed by atoms with E-state index in [-0.39, 0.29) is 32.0 Å². The topological polar surface area (TPSA) is 108 Å². The molecule has 2 atom stereocenters. The van der Waals surface area contributed by atoms with Crippen LogP contribution in [0.4, 0.5) is 0 Å². The van der Waals surface area contributed by atoms with E-state index in [1.54, 1.807) is 0 Å². The Morgan fingerprint density at radius 1 is 0.372 bits per heavy atom. The second-order valence-electron chi connectivity index (χ2n) is 25.6. The van der Waals surface area contributed by atoms with Gasteiger partial charge in [-0.1, -0.05) is 336 Å². The number of carbonyl (C=O) groups excluding carboxylic acids is 2. The molecule has 2 unspecified atom stereocenters. The Bertz CT molecular complexity index is 1730. The summed E-state index contributed by atoms with van der Waals surface area (Å²) in [6.07, 6.45) is 91.3. The molecule has 1 N–H and O–H groups in total. The summed E-state index contributed by atoms with van der Waals surface area (Å²) in [7, 11) is 1.47. The van der Waals surface area contributed by atoms with Gasteiger partial charge in [-0.05, 0) is 70.6 Å². The fraction of sp³-hybridized carbons (Fsp3) is 0.789. The summed E-state index contributed by atoms with van der Waals surface area (Å²) in [4.78, 5) is 35.9. The maximum Gasteiger partial charge on any atom is 0.472 e. The number of esters is 2. The van der Waals surface area contributed by atoms with Gasteiger partial charge in [0.25, 0.3) is 0 Å². The number of ether oxygens (including phenoxy) is 2. The van der Waals surface area contributed by atoms with Crippen LogP contribution in [0.1, 0.15) is 335 Å². The summed E-state index contributed by atoms with van der Waals surface area (Å²) in [5.74, 6) is -0.800. The number of rotatable bonds is 67. The second kappa shape index (κ2) is 66.6. The van der Waals surface area contributed by atoms with E-state index >= 15 is 0 Å². The summed E-state index contributed by atoms with van der Waals surface area (Å²) >= 11 is 0. The lowest BCUT2D eigenvalue weighted by Crippen LogP contribution is -2.37. The molecule has 0 aromatic heterocycles. The van der Waals surface area contributed by atoms with E-state index in [4.69, 9.17) is 18.5 Å². The maximum atomic E-state index is 12.9. The van der Waals surface area contributed by atoms with Gasteiger partial charge in [0.2, 0.25) is 0 Å². The van der Waals surface area contributed by atoms with E-state index in [1.807, 2.05) is 21.1 Å². The molecule has 0 bridgehead atoms. The minimum atomic E-state index is -4.40. The minimum Gasteiger partial charge on any atom is -0.462 e. The van der Waals surface area contributed by atoms with Crippen LogP contribution in [0.5, 0.6) is 0 Å². The summed E-state index contributed by atoms with van der Waals surface area (Å²) in [5, 5.41) is 0. The largest absolute Gasteiger partial charge is 0.472 e. The molecule has 0 aliphatic heterocycles. The predicted molar refractivity (Wildman–Crippen MR) is 372 cm³/mol. The van der Waals surface area contributed by atoms with Gasteiger partial charge in [-0.2, -0.15) is 0 Å². The Balaban J connectivity index is 4.03. The van der Waals surface area contributed by atoms with Gasteiger partial charge in [0.1, 0.15) is 19.8 Å². The van der Waals surface area contributed by atoms with Crippen molar-refractivity contribution < 1.29 is 42.1 Å². The Kier molecular flexibility index (Phi) is 64.4. The number of nitrogens with zero attached hydrogens (tertiary/aromatic N) is 1. The van der Waals surface area contributed by atoms with Gasteiger partial charge in [-0.15, -0.1) is 0 Å². The first-order valence-electron chi connectivity index (χ1n) is 36.3. The zero-order valence-corrected chi connectivity index (χ0v) is 57.9. The molecule has 0 spiro atoms. The molecule has 0 amide bonds. The number of likely N-dealkylation sites (N-methyl/N-ethyl adjacent to an activating group) is 1. The van der Waals surface area contributed by atoms with Gasteiger partial charge in [-0.3, -0.25) is 18.6 Å². The molecule has 0 fully saturated rings. The molecule has 0 aromatic rings. The summed E-state index contributed by atoms with van der Waals surface area (Å²) in [6.45, 7) is 4.35. The number of quaternary nitrogens is 1. The number of unbranched alkanes of at least 4 members (excludes halogenated alkanes) is 39. The van der Waals surface area contributed by atoms with Gasteiger partial charge in [-0.25, -0.2) is 4.57 Å². The van der Waals surface area contributed by atoms with Crippen LogP contribution >= 0.6 is 7.82 Å². The Morgan fingerprint density at radius 2 is 0.663 bits per heavy atom. The molecule has 0 rings (SSSR count). The molecule has 0 radical (unpaired) electrons. The van der Waals surface area contributed by atoms with Crippen LogP contribution in [-0.2, 0) is 32.7 Å². The lowest BCUT2D eigenvalue weighted by Gasteiger charge is -2.24. The zero-order valence-electron chi connectivity index (χ0n) is 57.0. The molecule has 10 heteroatoms. The van der Waals surface area contributed by atoms with E-state index < -0.39 is 26.5 Å². The lowest BCUT2D eigenvalue weighted by molar-refractivity contribution is -0.870. The molecule has 0 aromatic carbocycles. The molecule has 0 aliphatic rings. The third-order valence-corrected chi connectivity index (χ3v) is 16.9. The van der Waals surface area contributed by atoms with Crippen LogP contribution < -0.4 is 0 Å². The number of phosphoric ester groups is 1. The summed E-state index contributed by atoms with van der Waals surface area (Å²) in [5.41, 5.74) is 0. The molecule has 0 aliphatic carbocycles. The van der Waals surface area contributed by atoms with Crippen LogP contribution in [0.15, 0.2) is 85.1 Å². The average molecular weight is 1230 g/mol. The summed E-state index contributed by atoms with van der Waals surface area (Å²) in [6, 6.07) is 0. The number of hydrogen-bond donors (Lipinski definition) is 1. The molecule has 0 saturated heterocycles. The monoisotopic (exact) mass is 1230 g/mol. The molecule has 0 saturated carbocycles. The molecular formula is C76H139NO8P+. The molecule has 9 nitrogen and oxygen atoms in total. The molecule has 86 heavy (non-hydrogen) atoms. The third-order valence-electron chi connectivity index (χ3n) is 15.9. The second-order valence-corrected chi connectivity index (χ2v) is 27.1. The molecule has 500 valence electrons. The number of carbonyl (C=O) groups is 2. The van der Waals surface area contributed by atoms with Crippen molar-refractivity contribution in [2.75, 3.05) is 47.5 Å². The van der Waals surface area contributed by atoms with E-state index in [0.717, 1.165) is 89.9 Å². The van der Waals surface area contributed by atoms with Crippen molar-refractivity contribution in [3.8, 4) is 0 Å². The van der Waals surface area contributed by atoms with E-state index in [9.17, 15) is 19.0 Å². The van der Waals surface area contributed by atoms with Crippen molar-refractivity contribution in [1.82, 2.24) is 0 Å². The van der Waals surface area contributed by atoms with Crippen molar-refractivity contribution >= 4 is 19.8 Å². The highest BCUT2D eigenvalue weighted by atomic mass is 31.2. The fourth-order valence-corrected chi connectivity index (χ4v) is 11.2. The standard InChI is InChI=1S/C76H138NO8P/c1-6-8-10-12-14-16-18-20-22-24-26-28-30-32-34-36-37-38-39-41-42-44-46-48-50-52-54-56-58-60-62-64-66-68-75(78)82-72-74(73-84-86(80,81)83-71-70-77(3,4)5)85-76(79)69-67-65-63-61-59-57-55-53-51-49-47-45-43-40-35-33-31-29-27-25-23-21-19-17-15-13-11-9-7-2/h9,11,15,17,21,23,27,29,33,35,43,45,49,51,74H,6-8,10,12-14,16,18-20,22,24-26,28,30-32,34,36-42,44,46-48,50,52-73H2,1-5H3/p+1/b11-9-,17-15-,23-21-,29-27-,35-33-,45-43-,51-49-. The Hall–Kier alpha value is -2.81. The highest BCUT2D eigenvalue weighted by molar-refractivity contribution is 7.47. The average Bonchev–Trinajstić information content (AvgIpc) is 3.67. The maximum absolute atomic E-state index is 12.9. The number of allylic oxidation sites excluding steroid dienone is 14. The van der Waals surface area contributed by atoms with Crippen molar-refractivity contribution in [3.63, 3.8) is 0 Å². The summed E-state index contributed by atoms with van der Waals surface area (Å²) < 4.78 is 34.7. The van der Waals surface area contributed by atoms with Crippen molar-refractivity contribution in [1.29, 1.82) is 0 Å². The molecule has 0 heterocycles. The van der Waals surface area contributed by atoms with E-state index in [2.05, 4.69) is 98.9 Å². The zero-order chi connectivity index (χ0) is 62.6. The molecular weight excluding hydrogens is 1090 g/mol. The van der Waals surface area contributed by atoms with Gasteiger partial charge >= 0.3 is 19.8 Å². The van der Waals surface area contributed by atoms with Gasteiger partial charge in [0.15, 0.2) is 6.10 Å². The third kappa shape index (κ3) is 70.3. The van der Waals surface area contributed by atoms with Crippen LogP contribution in [0, 0.1) is 0 Å².